The number of rotatable bonds is 7. The molecule has 0 heterocycles. The fourth-order valence-electron chi connectivity index (χ4n) is 2.43. The zero-order valence-corrected chi connectivity index (χ0v) is 20.9. The largest absolute Gasteiger partial charge is 0.378 e. The number of nitrogens with one attached hydrogen (secondary N) is 4. The van der Waals surface area contributed by atoms with Gasteiger partial charge in [-0.05, 0) is 86.8 Å². The molecule has 0 aromatic heterocycles. The van der Waals surface area contributed by atoms with E-state index in [0.717, 1.165) is 22.7 Å². The van der Waals surface area contributed by atoms with Gasteiger partial charge in [0.1, 0.15) is 0 Å². The molecule has 0 aliphatic rings. The van der Waals surface area contributed by atoms with Gasteiger partial charge in [0.05, 0.1) is 11.4 Å². The smallest absolute Gasteiger partial charge is 0.191 e. The van der Waals surface area contributed by atoms with Crippen LogP contribution in [-0.4, -0.2) is 49.8 Å². The van der Waals surface area contributed by atoms with Gasteiger partial charge in [0.15, 0.2) is 10.2 Å². The Kier molecular flexibility index (Phi) is 9.36. The van der Waals surface area contributed by atoms with E-state index in [9.17, 15) is 0 Å². The van der Waals surface area contributed by atoms with Crippen LogP contribution in [0.1, 0.15) is 13.8 Å². The van der Waals surface area contributed by atoms with E-state index < -0.39 is 0 Å². The SMILES string of the molecule is CC(=N/NC(=S)Nc1ccc(N(C)C)cc1)/C(C)=N\NC(=S)Nc1ccc(N(C)C)cc1. The monoisotopic (exact) mass is 470 g/mol. The Morgan fingerprint density at radius 3 is 1.22 bits per heavy atom. The van der Waals surface area contributed by atoms with E-state index in [2.05, 4.69) is 31.7 Å². The maximum absolute atomic E-state index is 5.30. The topological polar surface area (TPSA) is 79.3 Å². The van der Waals surface area contributed by atoms with Crippen molar-refractivity contribution in [3.63, 3.8) is 0 Å². The molecular weight excluding hydrogens is 440 g/mol. The molecule has 0 saturated carbocycles. The van der Waals surface area contributed by atoms with Crippen LogP contribution in [0.15, 0.2) is 58.7 Å². The number of hydrogen-bond acceptors (Lipinski definition) is 6. The number of hydrazone groups is 2. The van der Waals surface area contributed by atoms with Gasteiger partial charge in [-0.1, -0.05) is 0 Å². The summed E-state index contributed by atoms with van der Waals surface area (Å²) in [6.45, 7) is 3.66. The van der Waals surface area contributed by atoms with Gasteiger partial charge in [0.25, 0.3) is 0 Å². The third-order valence-electron chi connectivity index (χ3n) is 4.46. The molecular formula is C22H30N8S2. The van der Waals surface area contributed by atoms with Crippen LogP contribution in [0.3, 0.4) is 0 Å². The average molecular weight is 471 g/mol. The van der Waals surface area contributed by atoms with Crippen molar-refractivity contribution in [2.75, 3.05) is 48.6 Å². The Morgan fingerprint density at radius 1 is 0.625 bits per heavy atom. The van der Waals surface area contributed by atoms with Crippen LogP contribution in [-0.2, 0) is 0 Å². The third kappa shape index (κ3) is 8.12. The molecule has 0 bridgehead atoms. The summed E-state index contributed by atoms with van der Waals surface area (Å²) in [7, 11) is 7.98. The second kappa shape index (κ2) is 12.0. The van der Waals surface area contributed by atoms with Crippen LogP contribution >= 0.6 is 24.4 Å². The van der Waals surface area contributed by atoms with Gasteiger partial charge in [0, 0.05) is 50.9 Å². The summed E-state index contributed by atoms with van der Waals surface area (Å²) in [6, 6.07) is 15.9. The summed E-state index contributed by atoms with van der Waals surface area (Å²) in [5.41, 5.74) is 11.0. The molecule has 0 spiro atoms. The van der Waals surface area contributed by atoms with Crippen molar-refractivity contribution in [3.05, 3.63) is 48.5 Å². The molecule has 0 radical (unpaired) electrons. The van der Waals surface area contributed by atoms with Crippen LogP contribution in [0.2, 0.25) is 0 Å². The first kappa shape index (κ1) is 25.0. The van der Waals surface area contributed by atoms with Gasteiger partial charge in [-0.15, -0.1) is 0 Å². The molecule has 0 atom stereocenters. The predicted octanol–water partition coefficient (Wildman–Crippen LogP) is 3.84. The van der Waals surface area contributed by atoms with E-state index in [1.54, 1.807) is 0 Å². The second-order valence-corrected chi connectivity index (χ2v) is 8.23. The lowest BCUT2D eigenvalue weighted by molar-refractivity contribution is 1.02. The highest BCUT2D eigenvalue weighted by Gasteiger charge is 2.02. The van der Waals surface area contributed by atoms with E-state index in [-0.39, 0.29) is 0 Å². The predicted molar refractivity (Wildman–Crippen MR) is 146 cm³/mol. The van der Waals surface area contributed by atoms with Gasteiger partial charge in [0.2, 0.25) is 0 Å². The Balaban J connectivity index is 1.83. The zero-order chi connectivity index (χ0) is 23.7. The number of nitrogens with zero attached hydrogens (tertiary/aromatic N) is 4. The standard InChI is InChI=1S/C22H30N8S2/c1-15(25-27-21(31)23-17-7-11-19(12-8-17)29(3)4)16(2)26-28-22(32)24-18-9-13-20(14-10-18)30(5)6/h7-14H,1-6H3,(H2,23,27,31)(H2,24,28,32)/b25-15-,26-16-. The van der Waals surface area contributed by atoms with Crippen molar-refractivity contribution < 1.29 is 0 Å². The first-order valence-corrected chi connectivity index (χ1v) is 10.7. The van der Waals surface area contributed by atoms with Gasteiger partial charge < -0.3 is 20.4 Å². The van der Waals surface area contributed by atoms with Crippen LogP contribution < -0.4 is 31.3 Å². The molecule has 8 nitrogen and oxygen atoms in total. The first-order valence-electron chi connectivity index (χ1n) is 9.93. The van der Waals surface area contributed by atoms with Gasteiger partial charge >= 0.3 is 0 Å². The second-order valence-electron chi connectivity index (χ2n) is 7.41. The van der Waals surface area contributed by atoms with Crippen molar-refractivity contribution in [3.8, 4) is 0 Å². The van der Waals surface area contributed by atoms with Crippen molar-refractivity contribution in [2.45, 2.75) is 13.8 Å². The summed E-state index contributed by atoms with van der Waals surface area (Å²) in [6.07, 6.45) is 0. The molecule has 0 unspecified atom stereocenters. The number of benzene rings is 2. The minimum Gasteiger partial charge on any atom is -0.378 e. The lowest BCUT2D eigenvalue weighted by Gasteiger charge is -2.14. The van der Waals surface area contributed by atoms with Gasteiger partial charge in [-0.25, -0.2) is 0 Å². The molecule has 0 fully saturated rings. The maximum atomic E-state index is 5.30. The van der Waals surface area contributed by atoms with Crippen molar-refractivity contribution in [1.29, 1.82) is 0 Å². The van der Waals surface area contributed by atoms with Crippen LogP contribution in [0.25, 0.3) is 0 Å². The Labute approximate surface area is 200 Å². The Bertz CT molecular complexity index is 898. The fourth-order valence-corrected chi connectivity index (χ4v) is 2.76. The van der Waals surface area contributed by atoms with Gasteiger partial charge in [-0.3, -0.25) is 10.9 Å². The molecule has 2 rings (SSSR count). The van der Waals surface area contributed by atoms with E-state index in [0.29, 0.717) is 21.6 Å². The molecule has 0 aliphatic carbocycles. The number of anilines is 4. The highest BCUT2D eigenvalue weighted by atomic mass is 32.1. The lowest BCUT2D eigenvalue weighted by Crippen LogP contribution is -2.28. The minimum atomic E-state index is 0.390. The van der Waals surface area contributed by atoms with E-state index >= 15 is 0 Å². The molecule has 10 heteroatoms. The van der Waals surface area contributed by atoms with E-state index in [4.69, 9.17) is 24.4 Å². The molecule has 2 aromatic carbocycles. The normalized spacial score (nSPS) is 11.4. The highest BCUT2D eigenvalue weighted by molar-refractivity contribution is 7.80. The van der Waals surface area contributed by atoms with Crippen LogP contribution in [0.5, 0.6) is 0 Å². The molecule has 4 N–H and O–H groups in total. The maximum Gasteiger partial charge on any atom is 0.191 e. The van der Waals surface area contributed by atoms with Gasteiger partial charge in [-0.2, -0.15) is 10.2 Å². The van der Waals surface area contributed by atoms with Crippen molar-refractivity contribution in [1.82, 2.24) is 10.9 Å². The quantitative estimate of drug-likeness (QED) is 0.276. The number of hydrogen-bond donors (Lipinski definition) is 4. The summed E-state index contributed by atoms with van der Waals surface area (Å²) in [4.78, 5) is 4.07. The zero-order valence-electron chi connectivity index (χ0n) is 19.2. The van der Waals surface area contributed by atoms with Crippen molar-refractivity contribution in [2.24, 2.45) is 10.2 Å². The Hall–Kier alpha value is -3.24. The van der Waals surface area contributed by atoms with Crippen LogP contribution in [0, 0.1) is 0 Å². The summed E-state index contributed by atoms with van der Waals surface area (Å²) in [5, 5.41) is 15.5. The van der Waals surface area contributed by atoms with Crippen LogP contribution in [0.4, 0.5) is 22.7 Å². The lowest BCUT2D eigenvalue weighted by atomic mass is 10.2. The Morgan fingerprint density at radius 2 is 0.938 bits per heavy atom. The van der Waals surface area contributed by atoms with E-state index in [1.165, 1.54) is 0 Å². The summed E-state index contributed by atoms with van der Waals surface area (Å²) in [5.74, 6) is 0. The molecule has 2 aromatic rings. The average Bonchev–Trinajstić information content (AvgIpc) is 2.76. The molecule has 0 aliphatic heterocycles. The number of thiocarbonyl (C=S) groups is 2. The highest BCUT2D eigenvalue weighted by Crippen LogP contribution is 2.16. The van der Waals surface area contributed by atoms with E-state index in [1.807, 2.05) is 100 Å². The van der Waals surface area contributed by atoms with Crippen molar-refractivity contribution >= 4 is 68.8 Å². The minimum absolute atomic E-state index is 0.390. The third-order valence-corrected chi connectivity index (χ3v) is 4.84. The molecule has 0 saturated heterocycles. The molecule has 170 valence electrons. The molecule has 0 amide bonds. The fraction of sp³-hybridized carbons (Fsp3) is 0.273. The summed E-state index contributed by atoms with van der Waals surface area (Å²) >= 11 is 10.6. The first-order chi connectivity index (χ1) is 15.2. The summed E-state index contributed by atoms with van der Waals surface area (Å²) < 4.78 is 0. The molecule has 32 heavy (non-hydrogen) atoms.